The van der Waals surface area contributed by atoms with Crippen molar-refractivity contribution in [3.05, 3.63) is 72.3 Å². The number of hydrogen-bond donors (Lipinski definition) is 1. The van der Waals surface area contributed by atoms with Crippen molar-refractivity contribution >= 4 is 25.5 Å². The summed E-state index contributed by atoms with van der Waals surface area (Å²) >= 11 is 0. The molecule has 0 saturated carbocycles. The number of nitrogens with one attached hydrogen (secondary N) is 1. The van der Waals surface area contributed by atoms with Crippen LogP contribution in [0.1, 0.15) is 49.5 Å². The Labute approximate surface area is 171 Å². The smallest absolute Gasteiger partial charge is 0.255 e. The highest BCUT2D eigenvalue weighted by molar-refractivity contribution is 6.74. The number of allylic oxidation sites excluding steroid dienone is 1. The normalized spacial score (nSPS) is 11.9. The average molecular weight is 396 g/mol. The van der Waals surface area contributed by atoms with Gasteiger partial charge in [-0.25, -0.2) is 0 Å². The van der Waals surface area contributed by atoms with Gasteiger partial charge in [0.2, 0.25) is 0 Å². The maximum absolute atomic E-state index is 12.5. The molecule has 0 atom stereocenters. The number of carbonyl (C=O) groups excluding carboxylic acids is 1. The van der Waals surface area contributed by atoms with Gasteiger partial charge in [-0.1, -0.05) is 63.7 Å². The first kappa shape index (κ1) is 22.1. The van der Waals surface area contributed by atoms with Crippen molar-refractivity contribution in [1.29, 1.82) is 0 Å². The summed E-state index contributed by atoms with van der Waals surface area (Å²) in [6, 6.07) is 17.1. The molecule has 0 radical (unpaired) electrons. The minimum atomic E-state index is -1.71. The molecule has 0 aromatic heterocycles. The Morgan fingerprint density at radius 3 is 2.29 bits per heavy atom. The van der Waals surface area contributed by atoms with Crippen molar-refractivity contribution in [3.63, 3.8) is 0 Å². The molecule has 4 heteroatoms. The predicted molar refractivity (Wildman–Crippen MR) is 122 cm³/mol. The Bertz CT molecular complexity index is 807. The highest BCUT2D eigenvalue weighted by Crippen LogP contribution is 2.36. The molecule has 2 aromatic carbocycles. The van der Waals surface area contributed by atoms with Crippen molar-refractivity contribution in [2.24, 2.45) is 0 Å². The van der Waals surface area contributed by atoms with Crippen LogP contribution in [0, 0.1) is 0 Å². The van der Waals surface area contributed by atoms with Gasteiger partial charge >= 0.3 is 0 Å². The molecule has 2 aromatic rings. The molecule has 3 nitrogen and oxygen atoms in total. The highest BCUT2D eigenvalue weighted by Gasteiger charge is 2.36. The van der Waals surface area contributed by atoms with Gasteiger partial charge in [0.05, 0.1) is 0 Å². The molecule has 0 heterocycles. The first-order chi connectivity index (χ1) is 13.1. The second-order valence-electron chi connectivity index (χ2n) is 8.68. The first-order valence-electron chi connectivity index (χ1n) is 9.89. The van der Waals surface area contributed by atoms with E-state index in [1.807, 2.05) is 54.6 Å². The highest BCUT2D eigenvalue weighted by atomic mass is 28.4. The molecule has 0 saturated heterocycles. The van der Waals surface area contributed by atoms with Crippen LogP contribution >= 0.6 is 0 Å². The summed E-state index contributed by atoms with van der Waals surface area (Å²) in [5, 5.41) is 3.24. The van der Waals surface area contributed by atoms with Gasteiger partial charge in [0.25, 0.3) is 5.91 Å². The summed E-state index contributed by atoms with van der Waals surface area (Å²) in [6.07, 6.45) is 1.76. The minimum absolute atomic E-state index is 0.109. The molecule has 2 rings (SSSR count). The number of amides is 1. The van der Waals surface area contributed by atoms with Gasteiger partial charge in [-0.2, -0.15) is 0 Å². The molecule has 1 amide bonds. The van der Waals surface area contributed by atoms with E-state index in [4.69, 9.17) is 4.43 Å². The number of benzene rings is 2. The monoisotopic (exact) mass is 395 g/mol. The number of hydrogen-bond acceptors (Lipinski definition) is 2. The van der Waals surface area contributed by atoms with Crippen LogP contribution in [-0.4, -0.2) is 20.8 Å². The zero-order valence-corrected chi connectivity index (χ0v) is 18.8. The van der Waals surface area contributed by atoms with Gasteiger partial charge in [0.15, 0.2) is 8.32 Å². The van der Waals surface area contributed by atoms with Crippen LogP contribution in [-0.2, 0) is 4.43 Å². The summed E-state index contributed by atoms with van der Waals surface area (Å²) < 4.78 is 6.26. The summed E-state index contributed by atoms with van der Waals surface area (Å²) in [6.45, 7) is 16.3. The van der Waals surface area contributed by atoms with E-state index in [-0.39, 0.29) is 10.9 Å². The molecule has 0 aliphatic heterocycles. The van der Waals surface area contributed by atoms with Gasteiger partial charge in [-0.15, -0.1) is 0 Å². The zero-order valence-electron chi connectivity index (χ0n) is 17.8. The molecule has 28 heavy (non-hydrogen) atoms. The molecule has 0 aliphatic carbocycles. The zero-order chi connectivity index (χ0) is 20.8. The lowest BCUT2D eigenvalue weighted by molar-refractivity contribution is 0.102. The number of anilines is 1. The fourth-order valence-corrected chi connectivity index (χ4v) is 3.74. The van der Waals surface area contributed by atoms with Crippen molar-refractivity contribution < 1.29 is 9.22 Å². The lowest BCUT2D eigenvalue weighted by atomic mass is 10.0. The van der Waals surface area contributed by atoms with Crippen LogP contribution in [0.3, 0.4) is 0 Å². The third kappa shape index (κ3) is 5.91. The third-order valence-corrected chi connectivity index (χ3v) is 10.0. The molecule has 150 valence electrons. The van der Waals surface area contributed by atoms with Gasteiger partial charge < -0.3 is 9.74 Å². The fraction of sp³-hybridized carbons (Fsp3) is 0.375. The van der Waals surface area contributed by atoms with Crippen LogP contribution in [0.4, 0.5) is 5.69 Å². The van der Waals surface area contributed by atoms with E-state index >= 15 is 0 Å². The molecular formula is C24H33NO2Si. The first-order valence-corrected chi connectivity index (χ1v) is 12.8. The van der Waals surface area contributed by atoms with Gasteiger partial charge in [0.1, 0.15) is 0 Å². The predicted octanol–water partition coefficient (Wildman–Crippen LogP) is 6.75. The number of para-hydroxylation sites is 1. The second-order valence-corrected chi connectivity index (χ2v) is 13.5. The minimum Gasteiger partial charge on any atom is -0.417 e. The lowest BCUT2D eigenvalue weighted by Gasteiger charge is -2.36. The van der Waals surface area contributed by atoms with E-state index in [2.05, 4.69) is 45.8 Å². The Balaban J connectivity index is 1.96. The van der Waals surface area contributed by atoms with Gasteiger partial charge in [-0.05, 0) is 54.7 Å². The topological polar surface area (TPSA) is 38.3 Å². The van der Waals surface area contributed by atoms with Crippen LogP contribution < -0.4 is 5.32 Å². The Kier molecular flexibility index (Phi) is 7.39. The van der Waals surface area contributed by atoms with Gasteiger partial charge in [0, 0.05) is 23.4 Å². The van der Waals surface area contributed by atoms with Crippen molar-refractivity contribution in [1.82, 2.24) is 0 Å². The SMILES string of the molecule is C=C(CCCO[Si](C)(C)C(C)(C)C)c1ccccc1NC(=O)c1ccccc1. The van der Waals surface area contributed by atoms with Crippen molar-refractivity contribution in [3.8, 4) is 0 Å². The van der Waals surface area contributed by atoms with Crippen LogP contribution in [0.5, 0.6) is 0 Å². The van der Waals surface area contributed by atoms with E-state index in [0.717, 1.165) is 36.3 Å². The maximum atomic E-state index is 12.5. The van der Waals surface area contributed by atoms with E-state index < -0.39 is 8.32 Å². The third-order valence-electron chi connectivity index (χ3n) is 5.48. The van der Waals surface area contributed by atoms with E-state index in [9.17, 15) is 4.79 Å². The average Bonchev–Trinajstić information content (AvgIpc) is 2.65. The molecule has 0 unspecified atom stereocenters. The number of rotatable bonds is 8. The van der Waals surface area contributed by atoms with Crippen molar-refractivity contribution in [2.75, 3.05) is 11.9 Å². The Morgan fingerprint density at radius 1 is 1.04 bits per heavy atom. The largest absolute Gasteiger partial charge is 0.417 e. The maximum Gasteiger partial charge on any atom is 0.255 e. The summed E-state index contributed by atoms with van der Waals surface area (Å²) in [4.78, 5) is 12.5. The summed E-state index contributed by atoms with van der Waals surface area (Å²) in [5.41, 5.74) is 3.44. The quantitative estimate of drug-likeness (QED) is 0.396. The van der Waals surface area contributed by atoms with Crippen molar-refractivity contribution in [2.45, 2.75) is 51.7 Å². The summed E-state index contributed by atoms with van der Waals surface area (Å²) in [5.74, 6) is -0.109. The molecular weight excluding hydrogens is 362 g/mol. The standard InChI is InChI=1S/C24H33NO2Si/c1-19(13-12-18-27-28(5,6)24(2,3)4)21-16-10-11-17-22(21)25-23(26)20-14-8-7-9-15-20/h7-11,14-17H,1,12-13,18H2,2-6H3,(H,25,26). The fourth-order valence-electron chi connectivity index (χ4n) is 2.65. The van der Waals surface area contributed by atoms with Crippen LogP contribution in [0.2, 0.25) is 18.1 Å². The van der Waals surface area contributed by atoms with Crippen LogP contribution in [0.15, 0.2) is 61.2 Å². The lowest BCUT2D eigenvalue weighted by Crippen LogP contribution is -2.40. The molecule has 1 N–H and O–H groups in total. The van der Waals surface area contributed by atoms with Gasteiger partial charge in [-0.3, -0.25) is 4.79 Å². The van der Waals surface area contributed by atoms with Crippen LogP contribution in [0.25, 0.3) is 5.57 Å². The molecule has 0 aliphatic rings. The summed E-state index contributed by atoms with van der Waals surface area (Å²) in [7, 11) is -1.71. The Morgan fingerprint density at radius 2 is 1.64 bits per heavy atom. The second kappa shape index (κ2) is 9.35. The number of carbonyl (C=O) groups is 1. The Hall–Kier alpha value is -2.17. The van der Waals surface area contributed by atoms with E-state index in [1.165, 1.54) is 0 Å². The molecule has 0 bridgehead atoms. The molecule has 0 fully saturated rings. The molecule has 0 spiro atoms. The van der Waals surface area contributed by atoms with E-state index in [0.29, 0.717) is 5.56 Å². The van der Waals surface area contributed by atoms with E-state index in [1.54, 1.807) is 0 Å².